The van der Waals surface area contributed by atoms with Gasteiger partial charge < -0.3 is 10.1 Å². The van der Waals surface area contributed by atoms with Crippen LogP contribution in [0.2, 0.25) is 5.02 Å². The van der Waals surface area contributed by atoms with Gasteiger partial charge in [0.05, 0.1) is 0 Å². The summed E-state index contributed by atoms with van der Waals surface area (Å²) in [6.45, 7) is 3.92. The maximum atomic E-state index is 6.07. The van der Waals surface area contributed by atoms with E-state index in [9.17, 15) is 0 Å². The normalized spacial score (nSPS) is 10.6. The monoisotopic (exact) mass is 401 g/mol. The highest BCUT2D eigenvalue weighted by molar-refractivity contribution is 14.1. The Morgan fingerprint density at radius 3 is 2.60 bits per heavy atom. The van der Waals surface area contributed by atoms with Crippen molar-refractivity contribution in [2.45, 2.75) is 19.9 Å². The Labute approximate surface area is 138 Å². The summed E-state index contributed by atoms with van der Waals surface area (Å²) in [4.78, 5) is 0. The number of nitrogens with one attached hydrogen (secondary N) is 1. The number of benzene rings is 2. The Morgan fingerprint density at radius 2 is 1.90 bits per heavy atom. The van der Waals surface area contributed by atoms with Gasteiger partial charge in [0, 0.05) is 20.7 Å². The van der Waals surface area contributed by atoms with Crippen LogP contribution in [0.25, 0.3) is 0 Å². The predicted molar refractivity (Wildman–Crippen MR) is 92.7 cm³/mol. The first-order chi connectivity index (χ1) is 9.69. The Hall–Kier alpha value is -0.780. The molecule has 0 unspecified atom stereocenters. The molecule has 0 aliphatic heterocycles. The van der Waals surface area contributed by atoms with Gasteiger partial charge in [0.2, 0.25) is 0 Å². The molecule has 0 saturated heterocycles. The summed E-state index contributed by atoms with van der Waals surface area (Å²) in [7, 11) is 0. The first kappa shape index (κ1) is 15.6. The standard InChI is InChI=1S/C16H17ClINO/c1-2-9-19-11-12-3-4-13(17)10-16(12)20-15-7-5-14(18)6-8-15/h3-8,10,19H,2,9,11H2,1H3. The molecule has 0 amide bonds. The number of rotatable bonds is 6. The summed E-state index contributed by atoms with van der Waals surface area (Å²) >= 11 is 8.34. The van der Waals surface area contributed by atoms with Crippen LogP contribution in [-0.2, 0) is 6.54 Å². The summed E-state index contributed by atoms with van der Waals surface area (Å²) in [5.41, 5.74) is 1.11. The summed E-state index contributed by atoms with van der Waals surface area (Å²) < 4.78 is 7.13. The van der Waals surface area contributed by atoms with Crippen molar-refractivity contribution in [3.8, 4) is 11.5 Å². The number of ether oxygens (including phenoxy) is 1. The van der Waals surface area contributed by atoms with Crippen LogP contribution in [0.4, 0.5) is 0 Å². The average molecular weight is 402 g/mol. The van der Waals surface area contributed by atoms with Crippen LogP contribution in [0.3, 0.4) is 0 Å². The van der Waals surface area contributed by atoms with Gasteiger partial charge in [0.15, 0.2) is 0 Å². The van der Waals surface area contributed by atoms with Gasteiger partial charge in [-0.2, -0.15) is 0 Å². The minimum atomic E-state index is 0.685. The fraction of sp³-hybridized carbons (Fsp3) is 0.250. The molecule has 0 fully saturated rings. The highest BCUT2D eigenvalue weighted by Crippen LogP contribution is 2.28. The molecule has 2 nitrogen and oxygen atoms in total. The zero-order chi connectivity index (χ0) is 14.4. The molecule has 106 valence electrons. The molecule has 0 aromatic heterocycles. The quantitative estimate of drug-likeness (QED) is 0.528. The molecule has 20 heavy (non-hydrogen) atoms. The lowest BCUT2D eigenvalue weighted by atomic mass is 10.2. The molecule has 0 bridgehead atoms. The van der Waals surface area contributed by atoms with E-state index in [-0.39, 0.29) is 0 Å². The van der Waals surface area contributed by atoms with Gasteiger partial charge in [-0.3, -0.25) is 0 Å². The molecule has 0 aliphatic rings. The van der Waals surface area contributed by atoms with Crippen molar-refractivity contribution in [3.63, 3.8) is 0 Å². The second-order valence-corrected chi connectivity index (χ2v) is 6.17. The van der Waals surface area contributed by atoms with Gasteiger partial charge >= 0.3 is 0 Å². The fourth-order valence-corrected chi connectivity index (χ4v) is 2.32. The smallest absolute Gasteiger partial charge is 0.133 e. The van der Waals surface area contributed by atoms with Crippen molar-refractivity contribution in [2.75, 3.05) is 6.54 Å². The molecule has 0 aliphatic carbocycles. The lowest BCUT2D eigenvalue weighted by molar-refractivity contribution is 0.472. The van der Waals surface area contributed by atoms with Crippen LogP contribution in [0.5, 0.6) is 11.5 Å². The van der Waals surface area contributed by atoms with Crippen LogP contribution < -0.4 is 10.1 Å². The molecule has 2 rings (SSSR count). The van der Waals surface area contributed by atoms with Gasteiger partial charge in [-0.15, -0.1) is 0 Å². The fourth-order valence-electron chi connectivity index (χ4n) is 1.80. The van der Waals surface area contributed by atoms with E-state index in [0.717, 1.165) is 36.6 Å². The van der Waals surface area contributed by atoms with Gasteiger partial charge in [-0.1, -0.05) is 24.6 Å². The maximum Gasteiger partial charge on any atom is 0.133 e. The van der Waals surface area contributed by atoms with Gasteiger partial charge in [-0.25, -0.2) is 0 Å². The minimum Gasteiger partial charge on any atom is -0.457 e. The number of hydrogen-bond donors (Lipinski definition) is 1. The second-order valence-electron chi connectivity index (χ2n) is 4.48. The molecule has 1 N–H and O–H groups in total. The van der Waals surface area contributed by atoms with Crippen LogP contribution in [0.1, 0.15) is 18.9 Å². The Kier molecular flexibility index (Phi) is 6.13. The molecule has 0 heterocycles. The molecule has 2 aromatic carbocycles. The van der Waals surface area contributed by atoms with Crippen LogP contribution >= 0.6 is 34.2 Å². The molecule has 0 spiro atoms. The zero-order valence-electron chi connectivity index (χ0n) is 11.3. The second kappa shape index (κ2) is 7.86. The van der Waals surface area contributed by atoms with Crippen LogP contribution in [-0.4, -0.2) is 6.54 Å². The van der Waals surface area contributed by atoms with E-state index in [4.69, 9.17) is 16.3 Å². The van der Waals surface area contributed by atoms with E-state index in [2.05, 4.69) is 34.8 Å². The lowest BCUT2D eigenvalue weighted by Crippen LogP contribution is -2.14. The largest absolute Gasteiger partial charge is 0.457 e. The van der Waals surface area contributed by atoms with Gasteiger partial charge in [-0.05, 0) is 72.0 Å². The maximum absolute atomic E-state index is 6.07. The van der Waals surface area contributed by atoms with Gasteiger partial charge in [0.1, 0.15) is 11.5 Å². The highest BCUT2D eigenvalue weighted by atomic mass is 127. The summed E-state index contributed by atoms with van der Waals surface area (Å²) in [6, 6.07) is 13.7. The average Bonchev–Trinajstić information content (AvgIpc) is 2.44. The van der Waals surface area contributed by atoms with E-state index in [0.29, 0.717) is 5.02 Å². The number of halogens is 2. The van der Waals surface area contributed by atoms with Crippen molar-refractivity contribution in [3.05, 3.63) is 56.6 Å². The van der Waals surface area contributed by atoms with Crippen molar-refractivity contribution >= 4 is 34.2 Å². The third kappa shape index (κ3) is 4.65. The zero-order valence-corrected chi connectivity index (χ0v) is 14.2. The van der Waals surface area contributed by atoms with Crippen molar-refractivity contribution in [1.29, 1.82) is 0 Å². The third-order valence-corrected chi connectivity index (χ3v) is 3.77. The van der Waals surface area contributed by atoms with E-state index in [1.165, 1.54) is 3.57 Å². The molecule has 0 radical (unpaired) electrons. The van der Waals surface area contributed by atoms with Crippen LogP contribution in [0.15, 0.2) is 42.5 Å². The number of hydrogen-bond acceptors (Lipinski definition) is 2. The molecular weight excluding hydrogens is 385 g/mol. The molecule has 0 atom stereocenters. The Morgan fingerprint density at radius 1 is 1.15 bits per heavy atom. The summed E-state index contributed by atoms with van der Waals surface area (Å²) in [5, 5.41) is 4.07. The van der Waals surface area contributed by atoms with Gasteiger partial charge in [0.25, 0.3) is 0 Å². The predicted octanol–water partition coefficient (Wildman–Crippen LogP) is 5.24. The summed E-state index contributed by atoms with van der Waals surface area (Å²) in [6.07, 6.45) is 1.11. The minimum absolute atomic E-state index is 0.685. The SMILES string of the molecule is CCCNCc1ccc(Cl)cc1Oc1ccc(I)cc1. The van der Waals surface area contributed by atoms with Crippen molar-refractivity contribution in [1.82, 2.24) is 5.32 Å². The Bertz CT molecular complexity index is 557. The van der Waals surface area contributed by atoms with E-state index < -0.39 is 0 Å². The van der Waals surface area contributed by atoms with Crippen LogP contribution in [0, 0.1) is 3.57 Å². The topological polar surface area (TPSA) is 21.3 Å². The van der Waals surface area contributed by atoms with Crippen molar-refractivity contribution in [2.24, 2.45) is 0 Å². The third-order valence-electron chi connectivity index (χ3n) is 2.81. The molecule has 0 saturated carbocycles. The molecule has 4 heteroatoms. The molecule has 2 aromatic rings. The highest BCUT2D eigenvalue weighted by Gasteiger charge is 2.06. The van der Waals surface area contributed by atoms with Crippen molar-refractivity contribution < 1.29 is 4.74 Å². The van der Waals surface area contributed by atoms with E-state index in [1.807, 2.05) is 42.5 Å². The first-order valence-corrected chi connectivity index (χ1v) is 8.07. The van der Waals surface area contributed by atoms with E-state index >= 15 is 0 Å². The van der Waals surface area contributed by atoms with E-state index in [1.54, 1.807) is 0 Å². The lowest BCUT2D eigenvalue weighted by Gasteiger charge is -2.12. The molecular formula is C16H17ClINO. The Balaban J connectivity index is 2.15. The summed E-state index contributed by atoms with van der Waals surface area (Å²) in [5.74, 6) is 1.63. The first-order valence-electron chi connectivity index (χ1n) is 6.61.